The molecule has 0 rings (SSSR count). The van der Waals surface area contributed by atoms with E-state index in [2.05, 4.69) is 0 Å². The Bertz CT molecular complexity index is 502. The Morgan fingerprint density at radius 3 is 2.04 bits per heavy atom. The van der Waals surface area contributed by atoms with Crippen LogP contribution in [0.5, 0.6) is 0 Å². The topological polar surface area (TPSA) is 142 Å². The van der Waals surface area contributed by atoms with Gasteiger partial charge in [0.15, 0.2) is 12.2 Å². The van der Waals surface area contributed by atoms with Gasteiger partial charge in [-0.2, -0.15) is 0 Å². The zero-order valence-corrected chi connectivity index (χ0v) is 13.8. The Labute approximate surface area is 138 Å². The van der Waals surface area contributed by atoms with Crippen molar-refractivity contribution in [3.8, 4) is 0 Å². The third kappa shape index (κ3) is 8.83. The van der Waals surface area contributed by atoms with Gasteiger partial charge in [-0.15, -0.1) is 0 Å². The molecule has 0 aromatic heterocycles. The molecule has 0 saturated carbocycles. The molecule has 10 nitrogen and oxygen atoms in total. The van der Waals surface area contributed by atoms with Crippen molar-refractivity contribution in [2.45, 2.75) is 52.0 Å². The summed E-state index contributed by atoms with van der Waals surface area (Å²) in [7, 11) is 0. The second kappa shape index (κ2) is 10.3. The second-order valence-electron chi connectivity index (χ2n) is 4.93. The highest BCUT2D eigenvalue weighted by atomic mass is 16.6. The largest absolute Gasteiger partial charge is 0.462 e. The van der Waals surface area contributed by atoms with Gasteiger partial charge >= 0.3 is 17.9 Å². The summed E-state index contributed by atoms with van der Waals surface area (Å²) in [5, 5.41) is 20.3. The quantitative estimate of drug-likeness (QED) is 0.200. The lowest BCUT2D eigenvalue weighted by Crippen LogP contribution is -2.38. The van der Waals surface area contributed by atoms with E-state index in [4.69, 9.17) is 14.2 Å². The van der Waals surface area contributed by atoms with Crippen LogP contribution in [-0.4, -0.2) is 58.9 Å². The number of carbonyl (C=O) groups excluding carboxylic acids is 3. The molecule has 0 bridgehead atoms. The predicted molar refractivity (Wildman–Crippen MR) is 79.3 cm³/mol. The Hall–Kier alpha value is -2.49. The molecule has 0 heterocycles. The van der Waals surface area contributed by atoms with Gasteiger partial charge in [0.25, 0.3) is 0 Å². The molecule has 136 valence electrons. The molecule has 0 aliphatic carbocycles. The van der Waals surface area contributed by atoms with Gasteiger partial charge < -0.3 is 19.3 Å². The van der Waals surface area contributed by atoms with E-state index in [-0.39, 0.29) is 0 Å². The normalized spacial score (nSPS) is 15.9. The third-order valence-corrected chi connectivity index (χ3v) is 2.76. The molecular formula is C14H21NO9. The van der Waals surface area contributed by atoms with Crippen LogP contribution in [0.25, 0.3) is 0 Å². The van der Waals surface area contributed by atoms with Crippen molar-refractivity contribution in [1.29, 1.82) is 0 Å². The van der Waals surface area contributed by atoms with Gasteiger partial charge in [-0.3, -0.25) is 24.5 Å². The number of aliphatic hydroxyl groups is 1. The third-order valence-electron chi connectivity index (χ3n) is 2.76. The lowest BCUT2D eigenvalue weighted by molar-refractivity contribution is -0.527. The Kier molecular flexibility index (Phi) is 9.25. The lowest BCUT2D eigenvalue weighted by atomic mass is 10.1. The molecule has 0 amide bonds. The fourth-order valence-corrected chi connectivity index (χ4v) is 1.55. The summed E-state index contributed by atoms with van der Waals surface area (Å²) in [4.78, 5) is 43.2. The minimum absolute atomic E-state index is 0.391. The van der Waals surface area contributed by atoms with Crippen LogP contribution < -0.4 is 0 Å². The van der Waals surface area contributed by atoms with E-state index in [0.717, 1.165) is 32.9 Å². The summed E-state index contributed by atoms with van der Waals surface area (Å²) in [6.45, 7) is 4.16. The maximum Gasteiger partial charge on any atom is 0.303 e. The van der Waals surface area contributed by atoms with E-state index >= 15 is 0 Å². The van der Waals surface area contributed by atoms with Crippen LogP contribution >= 0.6 is 0 Å². The first-order valence-electron chi connectivity index (χ1n) is 7.02. The molecule has 0 aromatic carbocycles. The zero-order valence-electron chi connectivity index (χ0n) is 13.8. The average Bonchev–Trinajstić information content (AvgIpc) is 2.45. The van der Waals surface area contributed by atoms with E-state index in [1.807, 2.05) is 0 Å². The summed E-state index contributed by atoms with van der Waals surface area (Å²) < 4.78 is 14.7. The van der Waals surface area contributed by atoms with Crippen LogP contribution in [-0.2, 0) is 28.6 Å². The minimum atomic E-state index is -1.45. The summed E-state index contributed by atoms with van der Waals surface area (Å²) in [6, 6.07) is -1.29. The van der Waals surface area contributed by atoms with Crippen LogP contribution in [0.2, 0.25) is 0 Å². The fraction of sp³-hybridized carbons (Fsp3) is 0.643. The smallest absolute Gasteiger partial charge is 0.303 e. The van der Waals surface area contributed by atoms with Crippen LogP contribution in [0.3, 0.4) is 0 Å². The van der Waals surface area contributed by atoms with Crippen molar-refractivity contribution in [3.63, 3.8) is 0 Å². The maximum absolute atomic E-state index is 11.2. The van der Waals surface area contributed by atoms with Gasteiger partial charge in [0.2, 0.25) is 6.04 Å². The lowest BCUT2D eigenvalue weighted by Gasteiger charge is -2.24. The number of rotatable bonds is 9. The number of carbonyl (C=O) groups is 3. The highest BCUT2D eigenvalue weighted by molar-refractivity contribution is 5.68. The summed E-state index contributed by atoms with van der Waals surface area (Å²) in [5.74, 6) is -2.07. The number of nitro groups is 1. The van der Waals surface area contributed by atoms with Crippen molar-refractivity contribution in [3.05, 3.63) is 22.3 Å². The predicted octanol–water partition coefficient (Wildman–Crippen LogP) is -0.00480. The minimum Gasteiger partial charge on any atom is -0.462 e. The average molecular weight is 347 g/mol. The van der Waals surface area contributed by atoms with Crippen LogP contribution in [0.1, 0.15) is 27.7 Å². The van der Waals surface area contributed by atoms with E-state index in [1.165, 1.54) is 6.92 Å². The molecule has 0 saturated heterocycles. The van der Waals surface area contributed by atoms with Gasteiger partial charge in [-0.25, -0.2) is 0 Å². The summed E-state index contributed by atoms with van der Waals surface area (Å²) in [6.07, 6.45) is -1.62. The fourth-order valence-electron chi connectivity index (χ4n) is 1.55. The molecule has 1 N–H and O–H groups in total. The molecular weight excluding hydrogens is 326 g/mol. The number of ether oxygens (including phenoxy) is 3. The van der Waals surface area contributed by atoms with Crippen molar-refractivity contribution >= 4 is 17.9 Å². The van der Waals surface area contributed by atoms with Crippen molar-refractivity contribution in [2.75, 3.05) is 6.61 Å². The first-order chi connectivity index (χ1) is 11.0. The number of hydrogen-bond donors (Lipinski definition) is 1. The zero-order chi connectivity index (χ0) is 18.9. The van der Waals surface area contributed by atoms with Crippen LogP contribution in [0.15, 0.2) is 12.2 Å². The molecule has 0 radical (unpaired) electrons. The Morgan fingerprint density at radius 1 is 1.08 bits per heavy atom. The first kappa shape index (κ1) is 21.5. The van der Waals surface area contributed by atoms with Crippen LogP contribution in [0, 0.1) is 10.1 Å². The molecule has 0 aromatic rings. The van der Waals surface area contributed by atoms with Crippen molar-refractivity contribution in [2.24, 2.45) is 0 Å². The van der Waals surface area contributed by atoms with Crippen LogP contribution in [0.4, 0.5) is 0 Å². The Morgan fingerprint density at radius 2 is 1.62 bits per heavy atom. The van der Waals surface area contributed by atoms with Crippen molar-refractivity contribution < 1.29 is 38.6 Å². The Balaban J connectivity index is 5.26. The van der Waals surface area contributed by atoms with Gasteiger partial charge in [0.1, 0.15) is 12.7 Å². The molecule has 0 aliphatic rings. The monoisotopic (exact) mass is 347 g/mol. The number of nitrogens with zero attached hydrogens (tertiary/aromatic N) is 1. The van der Waals surface area contributed by atoms with Gasteiger partial charge in [0, 0.05) is 32.6 Å². The second-order valence-corrected chi connectivity index (χ2v) is 4.93. The first-order valence-corrected chi connectivity index (χ1v) is 7.02. The van der Waals surface area contributed by atoms with E-state index in [0.29, 0.717) is 0 Å². The van der Waals surface area contributed by atoms with Gasteiger partial charge in [-0.1, -0.05) is 0 Å². The van der Waals surface area contributed by atoms with E-state index < -0.39 is 53.8 Å². The molecule has 0 aliphatic heterocycles. The molecule has 4 atom stereocenters. The highest BCUT2D eigenvalue weighted by Gasteiger charge is 2.28. The number of esters is 3. The SMILES string of the molecule is CC(=O)OCC(OC(C)=O)C(/C=C/C(O)C(C)[N+](=O)[O-])OC(C)=O. The maximum atomic E-state index is 11.2. The van der Waals surface area contributed by atoms with Gasteiger partial charge in [-0.05, 0) is 12.2 Å². The molecule has 10 heteroatoms. The molecule has 0 spiro atoms. The molecule has 4 unspecified atom stereocenters. The highest BCUT2D eigenvalue weighted by Crippen LogP contribution is 2.11. The van der Waals surface area contributed by atoms with Crippen molar-refractivity contribution in [1.82, 2.24) is 0 Å². The summed E-state index contributed by atoms with van der Waals surface area (Å²) >= 11 is 0. The number of hydrogen-bond acceptors (Lipinski definition) is 9. The standard InChI is InChI=1S/C14H21NO9/c1-8(15(20)21)12(19)5-6-13(23-10(3)17)14(24-11(4)18)7-22-9(2)16/h5-6,8,12-14,19H,7H2,1-4H3/b6-5+. The molecule has 24 heavy (non-hydrogen) atoms. The summed E-state index contributed by atoms with van der Waals surface area (Å²) in [5.41, 5.74) is 0. The molecule has 0 fully saturated rings. The number of aliphatic hydroxyl groups excluding tert-OH is 1. The van der Waals surface area contributed by atoms with E-state index in [9.17, 15) is 29.6 Å². The van der Waals surface area contributed by atoms with Gasteiger partial charge in [0.05, 0.1) is 0 Å². The van der Waals surface area contributed by atoms with E-state index in [1.54, 1.807) is 0 Å².